The number of aromatic nitrogens is 2. The molecule has 2 rings (SSSR count). The number of rotatable bonds is 6. The van der Waals surface area contributed by atoms with E-state index >= 15 is 0 Å². The van der Waals surface area contributed by atoms with Gasteiger partial charge < -0.3 is 14.7 Å². The maximum atomic E-state index is 12.4. The fourth-order valence-corrected chi connectivity index (χ4v) is 3.70. The highest BCUT2D eigenvalue weighted by atomic mass is 31.3. The van der Waals surface area contributed by atoms with Gasteiger partial charge in [0, 0.05) is 18.2 Å². The van der Waals surface area contributed by atoms with Crippen molar-refractivity contribution >= 4 is 15.7 Å². The molecule has 0 saturated carbocycles. The molecular weight excluding hydrogens is 389 g/mol. The first kappa shape index (κ1) is 20.1. The van der Waals surface area contributed by atoms with Crippen molar-refractivity contribution in [3.05, 3.63) is 32.6 Å². The molecule has 1 aliphatic heterocycles. The topological polar surface area (TPSA) is 177 Å². The molecule has 0 bridgehead atoms. The monoisotopic (exact) mass is 404 g/mol. The van der Waals surface area contributed by atoms with Crippen LogP contribution >= 0.6 is 15.7 Å². The van der Waals surface area contributed by atoms with Gasteiger partial charge in [0.15, 0.2) is 0 Å². The van der Waals surface area contributed by atoms with Crippen LogP contribution in [0.2, 0.25) is 0 Å². The number of halogens is 1. The first-order chi connectivity index (χ1) is 11.4. The Kier molecular flexibility index (Phi) is 5.81. The maximum Gasteiger partial charge on any atom is 0.519 e. The van der Waals surface area contributed by atoms with Crippen molar-refractivity contribution in [1.29, 1.82) is 0 Å². The van der Waals surface area contributed by atoms with E-state index in [4.69, 9.17) is 14.5 Å². The molecular formula is C10H15FN2O10P2. The third-order valence-electron chi connectivity index (χ3n) is 3.27. The molecule has 1 aromatic heterocycles. The zero-order valence-corrected chi connectivity index (χ0v) is 14.4. The van der Waals surface area contributed by atoms with Crippen molar-refractivity contribution in [3.8, 4) is 0 Å². The summed E-state index contributed by atoms with van der Waals surface area (Å²) in [6.07, 6.45) is -2.36. The predicted molar refractivity (Wildman–Crippen MR) is 78.4 cm³/mol. The summed E-state index contributed by atoms with van der Waals surface area (Å²) in [6, 6.07) is 0. The van der Waals surface area contributed by atoms with Gasteiger partial charge in [-0.05, 0) is 6.92 Å². The third kappa shape index (κ3) is 5.40. The second kappa shape index (κ2) is 7.22. The average molecular weight is 404 g/mol. The van der Waals surface area contributed by atoms with Gasteiger partial charge in [-0.25, -0.2) is 13.9 Å². The van der Waals surface area contributed by atoms with Crippen molar-refractivity contribution < 1.29 is 41.8 Å². The van der Waals surface area contributed by atoms with E-state index in [1.54, 1.807) is 0 Å². The number of phosphoric acid groups is 1. The van der Waals surface area contributed by atoms with Crippen LogP contribution in [-0.4, -0.2) is 43.3 Å². The summed E-state index contributed by atoms with van der Waals surface area (Å²) in [4.78, 5) is 42.5. The third-order valence-corrected chi connectivity index (χ3v) is 5.37. The quantitative estimate of drug-likeness (QED) is 0.460. The van der Waals surface area contributed by atoms with Crippen molar-refractivity contribution in [2.45, 2.75) is 31.8 Å². The lowest BCUT2D eigenvalue weighted by molar-refractivity contribution is -0.0449. The van der Waals surface area contributed by atoms with E-state index in [0.29, 0.717) is 0 Å². The molecule has 1 saturated heterocycles. The number of nitrogens with one attached hydrogen (secondary N) is 1. The van der Waals surface area contributed by atoms with Crippen LogP contribution in [0.15, 0.2) is 15.8 Å². The van der Waals surface area contributed by atoms with E-state index in [2.05, 4.69) is 8.83 Å². The minimum atomic E-state index is -5.76. The minimum absolute atomic E-state index is 0.113. The number of hydrogen-bond donors (Lipinski definition) is 4. The zero-order valence-electron chi connectivity index (χ0n) is 12.6. The van der Waals surface area contributed by atoms with Gasteiger partial charge in [0.1, 0.15) is 12.3 Å². The fourth-order valence-electron chi connectivity index (χ4n) is 2.15. The standard InChI is InChI=1S/C10H15FN2O10P2/c1-5-3-13(10(16)12-9(5)15)8-2-6(14)7(22-8)4-21-25(19,20)23-24(11,17)18/h3,6-8,14H,2,4H2,1H3,(H,17,18)(H,19,20)(H,12,15,16)/t6-,7+,8+/m0/s1. The number of hydrogen-bond acceptors (Lipinski definition) is 8. The Hall–Kier alpha value is -1.17. The summed E-state index contributed by atoms with van der Waals surface area (Å²) >= 11 is 0. The molecule has 5 atom stereocenters. The molecule has 0 amide bonds. The van der Waals surface area contributed by atoms with E-state index in [0.717, 1.165) is 4.57 Å². The molecule has 1 aromatic rings. The summed E-state index contributed by atoms with van der Waals surface area (Å²) in [5.41, 5.74) is -1.16. The molecule has 25 heavy (non-hydrogen) atoms. The Labute approximate surface area is 139 Å². The van der Waals surface area contributed by atoms with Crippen LogP contribution in [0, 0.1) is 6.92 Å². The highest BCUT2D eigenvalue weighted by molar-refractivity contribution is 7.61. The second-order valence-electron chi connectivity index (χ2n) is 5.21. The van der Waals surface area contributed by atoms with E-state index in [9.17, 15) is 28.0 Å². The van der Waals surface area contributed by atoms with Crippen LogP contribution in [0.5, 0.6) is 0 Å². The van der Waals surface area contributed by atoms with E-state index < -0.39 is 52.0 Å². The Morgan fingerprint density at radius 2 is 2.08 bits per heavy atom. The number of aromatic amines is 1. The minimum Gasteiger partial charge on any atom is -0.390 e. The first-order valence-electron chi connectivity index (χ1n) is 6.75. The lowest BCUT2D eigenvalue weighted by Gasteiger charge is -2.18. The molecule has 15 heteroatoms. The van der Waals surface area contributed by atoms with Gasteiger partial charge in [0.25, 0.3) is 5.56 Å². The Morgan fingerprint density at radius 1 is 1.44 bits per heavy atom. The van der Waals surface area contributed by atoms with Crippen molar-refractivity contribution in [3.63, 3.8) is 0 Å². The number of phosphoric ester groups is 1. The van der Waals surface area contributed by atoms with Gasteiger partial charge in [-0.2, -0.15) is 4.31 Å². The smallest absolute Gasteiger partial charge is 0.390 e. The predicted octanol–water partition coefficient (Wildman–Crippen LogP) is -0.303. The number of H-pyrrole nitrogens is 1. The highest BCUT2D eigenvalue weighted by Gasteiger charge is 2.39. The summed E-state index contributed by atoms with van der Waals surface area (Å²) in [7, 11) is -11.0. The van der Waals surface area contributed by atoms with Crippen LogP contribution in [0.4, 0.5) is 4.20 Å². The zero-order chi connectivity index (χ0) is 19.0. The number of aliphatic hydroxyl groups is 1. The molecule has 142 valence electrons. The molecule has 1 aliphatic rings. The molecule has 12 nitrogen and oxygen atoms in total. The molecule has 2 heterocycles. The van der Waals surface area contributed by atoms with Gasteiger partial charge in [-0.3, -0.25) is 23.8 Å². The normalized spacial score (nSPS) is 28.4. The SMILES string of the molecule is Cc1cn([C@H]2C[C@H](O)[C@@H](COP(=O)(O)OP(=O)(O)F)O2)c(=O)[nH]c1=O. The summed E-state index contributed by atoms with van der Waals surface area (Å²) in [5, 5.41) is 9.88. The molecule has 1 fully saturated rings. The molecule has 0 spiro atoms. The first-order valence-corrected chi connectivity index (χ1v) is 9.71. The molecule has 0 aliphatic carbocycles. The largest absolute Gasteiger partial charge is 0.519 e. The lowest BCUT2D eigenvalue weighted by Crippen LogP contribution is -2.33. The van der Waals surface area contributed by atoms with Crippen molar-refractivity contribution in [1.82, 2.24) is 9.55 Å². The number of nitrogens with zero attached hydrogens (tertiary/aromatic N) is 1. The molecule has 0 radical (unpaired) electrons. The second-order valence-corrected chi connectivity index (χ2v) is 7.96. The van der Waals surface area contributed by atoms with E-state index in [-0.39, 0.29) is 12.0 Å². The highest BCUT2D eigenvalue weighted by Crippen LogP contribution is 2.60. The molecule has 4 N–H and O–H groups in total. The van der Waals surface area contributed by atoms with Gasteiger partial charge >= 0.3 is 21.4 Å². The average Bonchev–Trinajstić information content (AvgIpc) is 2.79. The van der Waals surface area contributed by atoms with E-state index in [1.807, 2.05) is 4.98 Å². The molecule has 0 aromatic carbocycles. The van der Waals surface area contributed by atoms with Gasteiger partial charge in [0.05, 0.1) is 12.7 Å². The van der Waals surface area contributed by atoms with Crippen LogP contribution in [0.3, 0.4) is 0 Å². The fraction of sp³-hybridized carbons (Fsp3) is 0.600. The maximum absolute atomic E-state index is 12.4. The summed E-state index contributed by atoms with van der Waals surface area (Å²) < 4.78 is 48.0. The Morgan fingerprint density at radius 3 is 2.68 bits per heavy atom. The lowest BCUT2D eigenvalue weighted by atomic mass is 10.2. The van der Waals surface area contributed by atoms with Gasteiger partial charge in [0.2, 0.25) is 0 Å². The number of aryl methyl sites for hydroxylation is 1. The summed E-state index contributed by atoms with van der Waals surface area (Å²) in [5.74, 6) is 0. The molecule has 2 unspecified atom stereocenters. The van der Waals surface area contributed by atoms with Crippen molar-refractivity contribution in [2.24, 2.45) is 0 Å². The van der Waals surface area contributed by atoms with Gasteiger partial charge in [-0.15, -0.1) is 4.20 Å². The van der Waals surface area contributed by atoms with Crippen molar-refractivity contribution in [2.75, 3.05) is 6.61 Å². The van der Waals surface area contributed by atoms with Crippen LogP contribution in [-0.2, 0) is 22.7 Å². The van der Waals surface area contributed by atoms with Gasteiger partial charge in [-0.1, -0.05) is 0 Å². The Balaban J connectivity index is 2.06. The summed E-state index contributed by atoms with van der Waals surface area (Å²) in [6.45, 7) is 0.660. The Bertz CT molecular complexity index is 847. The van der Waals surface area contributed by atoms with E-state index in [1.165, 1.54) is 13.1 Å². The number of aliphatic hydroxyl groups excluding tert-OH is 1. The van der Waals surface area contributed by atoms with Crippen LogP contribution in [0.25, 0.3) is 0 Å². The number of ether oxygens (including phenoxy) is 1. The van der Waals surface area contributed by atoms with Crippen LogP contribution < -0.4 is 11.2 Å². The van der Waals surface area contributed by atoms with Crippen LogP contribution in [0.1, 0.15) is 18.2 Å².